The highest BCUT2D eigenvalue weighted by atomic mass is 32.2. The molecule has 172 valence electrons. The third-order valence-corrected chi connectivity index (χ3v) is 8.94. The maximum absolute atomic E-state index is 13.1. The van der Waals surface area contributed by atoms with Crippen molar-refractivity contribution >= 4 is 62.4 Å². The zero-order chi connectivity index (χ0) is 23.4. The van der Waals surface area contributed by atoms with Crippen LogP contribution in [-0.4, -0.2) is 35.6 Å². The Labute approximate surface area is 204 Å². The van der Waals surface area contributed by atoms with E-state index in [0.29, 0.717) is 11.4 Å². The van der Waals surface area contributed by atoms with Crippen molar-refractivity contribution in [3.8, 4) is 5.75 Å². The largest absolute Gasteiger partial charge is 0.497 e. The van der Waals surface area contributed by atoms with Gasteiger partial charge in [-0.1, -0.05) is 23.9 Å². The summed E-state index contributed by atoms with van der Waals surface area (Å²) in [5.74, 6) is 0.613. The molecule has 1 aliphatic heterocycles. The van der Waals surface area contributed by atoms with Crippen LogP contribution in [0.2, 0.25) is 0 Å². The number of carbonyl (C=O) groups is 3. The van der Waals surface area contributed by atoms with Gasteiger partial charge in [-0.25, -0.2) is 9.88 Å². The first-order chi connectivity index (χ1) is 16.5. The van der Waals surface area contributed by atoms with Crippen LogP contribution in [0.25, 0.3) is 10.2 Å². The summed E-state index contributed by atoms with van der Waals surface area (Å²) in [6.07, 6.45) is 5.11. The third-order valence-electron chi connectivity index (χ3n) is 6.78. The van der Waals surface area contributed by atoms with Gasteiger partial charge in [0.05, 0.1) is 40.6 Å². The molecule has 1 aromatic heterocycles. The van der Waals surface area contributed by atoms with Crippen LogP contribution in [0.3, 0.4) is 0 Å². The van der Waals surface area contributed by atoms with Crippen molar-refractivity contribution < 1.29 is 19.1 Å². The molecule has 1 N–H and O–H groups in total. The van der Waals surface area contributed by atoms with Gasteiger partial charge in [0, 0.05) is 5.69 Å². The first-order valence-corrected chi connectivity index (χ1v) is 12.9. The lowest BCUT2D eigenvalue weighted by atomic mass is 9.85. The number of benzene rings is 2. The van der Waals surface area contributed by atoms with Crippen LogP contribution in [0, 0.1) is 23.7 Å². The fraction of sp³-hybridized carbons (Fsp3) is 0.280. The molecule has 3 amide bonds. The van der Waals surface area contributed by atoms with E-state index in [9.17, 15) is 14.4 Å². The molecule has 6 rings (SSSR count). The standard InChI is InChI=1S/C25H21N3O4S2/c1-32-17-7-4-15(5-8-17)26-20(29)12-33-25-27-18-9-6-16(11-19(18)34-25)28-23(30)21-13-2-3-14(10-13)22(21)24(28)31/h2-9,11,13-14,21-22H,10,12H2,1H3,(H,26,29)/t13-,14-,21-,22-/m0/s1. The number of imide groups is 1. The fourth-order valence-corrected chi connectivity index (χ4v) is 7.15. The number of allylic oxidation sites excluding steroid dienone is 2. The molecule has 3 aliphatic rings. The number of aromatic nitrogens is 1. The van der Waals surface area contributed by atoms with Crippen molar-refractivity contribution in [1.82, 2.24) is 4.98 Å². The Morgan fingerprint density at radius 1 is 1.12 bits per heavy atom. The predicted octanol–water partition coefficient (Wildman–Crippen LogP) is 4.35. The summed E-state index contributed by atoms with van der Waals surface area (Å²) in [5.41, 5.74) is 2.09. The Balaban J connectivity index is 1.14. The lowest BCUT2D eigenvalue weighted by Gasteiger charge is -2.17. The van der Waals surface area contributed by atoms with E-state index in [2.05, 4.69) is 22.5 Å². The summed E-state index contributed by atoms with van der Waals surface area (Å²) < 4.78 is 6.77. The van der Waals surface area contributed by atoms with E-state index < -0.39 is 0 Å². The number of anilines is 2. The van der Waals surface area contributed by atoms with Crippen molar-refractivity contribution in [3.05, 3.63) is 54.6 Å². The highest BCUT2D eigenvalue weighted by Gasteiger charge is 2.59. The van der Waals surface area contributed by atoms with Crippen LogP contribution >= 0.6 is 23.1 Å². The Morgan fingerprint density at radius 2 is 1.82 bits per heavy atom. The number of nitrogens with zero attached hydrogens (tertiary/aromatic N) is 2. The molecule has 2 bridgehead atoms. The van der Waals surface area contributed by atoms with Crippen LogP contribution in [0.5, 0.6) is 5.75 Å². The number of carbonyl (C=O) groups excluding carboxylic acids is 3. The van der Waals surface area contributed by atoms with Gasteiger partial charge in [0.2, 0.25) is 17.7 Å². The lowest BCUT2D eigenvalue weighted by molar-refractivity contribution is -0.123. The van der Waals surface area contributed by atoms with Crippen molar-refractivity contribution in [3.63, 3.8) is 0 Å². The van der Waals surface area contributed by atoms with Gasteiger partial charge in [-0.3, -0.25) is 14.4 Å². The summed E-state index contributed by atoms with van der Waals surface area (Å²) >= 11 is 2.81. The van der Waals surface area contributed by atoms with Gasteiger partial charge in [-0.05, 0) is 60.7 Å². The van der Waals surface area contributed by atoms with Crippen LogP contribution < -0.4 is 15.0 Å². The molecule has 0 radical (unpaired) electrons. The summed E-state index contributed by atoms with van der Waals surface area (Å²) in [6, 6.07) is 12.6. The summed E-state index contributed by atoms with van der Waals surface area (Å²) in [4.78, 5) is 44.5. The van der Waals surface area contributed by atoms with E-state index in [0.717, 1.165) is 26.7 Å². The number of nitrogens with one attached hydrogen (secondary N) is 1. The van der Waals surface area contributed by atoms with Crippen LogP contribution in [0.1, 0.15) is 6.42 Å². The Bertz CT molecular complexity index is 1320. The quantitative estimate of drug-likeness (QED) is 0.313. The molecular weight excluding hydrogens is 470 g/mol. The molecule has 2 fully saturated rings. The maximum atomic E-state index is 13.1. The Morgan fingerprint density at radius 3 is 2.50 bits per heavy atom. The Kier molecular flexibility index (Phi) is 5.18. The Hall–Kier alpha value is -3.17. The molecule has 0 unspecified atom stereocenters. The first kappa shape index (κ1) is 21.4. The molecule has 1 saturated heterocycles. The molecule has 9 heteroatoms. The van der Waals surface area contributed by atoms with Gasteiger partial charge in [-0.15, -0.1) is 11.3 Å². The molecular formula is C25H21N3O4S2. The van der Waals surface area contributed by atoms with Gasteiger partial charge in [0.1, 0.15) is 5.75 Å². The number of ether oxygens (including phenoxy) is 1. The first-order valence-electron chi connectivity index (χ1n) is 11.1. The molecule has 7 nitrogen and oxygen atoms in total. The smallest absolute Gasteiger partial charge is 0.238 e. The molecule has 1 saturated carbocycles. The van der Waals surface area contributed by atoms with Crippen molar-refractivity contribution in [2.45, 2.75) is 10.8 Å². The van der Waals surface area contributed by atoms with E-state index in [-0.39, 0.29) is 47.1 Å². The highest BCUT2D eigenvalue weighted by Crippen LogP contribution is 2.53. The monoisotopic (exact) mass is 491 g/mol. The minimum absolute atomic E-state index is 0.0829. The molecule has 4 atom stereocenters. The summed E-state index contributed by atoms with van der Waals surface area (Å²) in [6.45, 7) is 0. The number of thioether (sulfide) groups is 1. The molecule has 0 spiro atoms. The second kappa shape index (κ2) is 8.25. The minimum atomic E-state index is -0.213. The molecule has 34 heavy (non-hydrogen) atoms. The van der Waals surface area contributed by atoms with Crippen molar-refractivity contribution in [2.24, 2.45) is 23.7 Å². The number of rotatable bonds is 6. The van der Waals surface area contributed by atoms with Gasteiger partial charge in [-0.2, -0.15) is 0 Å². The SMILES string of the molecule is COc1ccc(NC(=O)CSc2nc3ccc(N4C(=O)[C@@H]5[C@@H](C4=O)[C@H]4C=C[C@H]5C4)cc3s2)cc1. The zero-order valence-corrected chi connectivity index (χ0v) is 19.9. The van der Waals surface area contributed by atoms with Crippen molar-refractivity contribution in [2.75, 3.05) is 23.1 Å². The van der Waals surface area contributed by atoms with Crippen LogP contribution in [0.15, 0.2) is 59.0 Å². The number of methoxy groups -OCH3 is 1. The van der Waals surface area contributed by atoms with E-state index >= 15 is 0 Å². The zero-order valence-electron chi connectivity index (χ0n) is 18.3. The molecule has 3 aromatic rings. The van der Waals surface area contributed by atoms with Crippen LogP contribution in [0.4, 0.5) is 11.4 Å². The average molecular weight is 492 g/mol. The number of hydrogen-bond donors (Lipinski definition) is 1. The number of amides is 3. The van der Waals surface area contributed by atoms with Gasteiger partial charge in [0.15, 0.2) is 4.34 Å². The third kappa shape index (κ3) is 3.50. The molecule has 2 heterocycles. The highest BCUT2D eigenvalue weighted by molar-refractivity contribution is 8.01. The van der Waals surface area contributed by atoms with E-state index in [4.69, 9.17) is 4.74 Å². The number of hydrogen-bond acceptors (Lipinski definition) is 7. The molecule has 2 aromatic carbocycles. The van der Waals surface area contributed by atoms with Crippen molar-refractivity contribution in [1.29, 1.82) is 0 Å². The van der Waals surface area contributed by atoms with Crippen LogP contribution in [-0.2, 0) is 14.4 Å². The van der Waals surface area contributed by atoms with Gasteiger partial charge >= 0.3 is 0 Å². The average Bonchev–Trinajstić information content (AvgIpc) is 3.60. The normalized spacial score (nSPS) is 24.8. The van der Waals surface area contributed by atoms with Gasteiger partial charge in [0.25, 0.3) is 0 Å². The lowest BCUT2D eigenvalue weighted by Crippen LogP contribution is -2.32. The number of thiazole rings is 1. The molecule has 2 aliphatic carbocycles. The number of fused-ring (bicyclic) bond motifs is 6. The second-order valence-corrected chi connectivity index (χ2v) is 11.0. The fourth-order valence-electron chi connectivity index (χ4n) is 5.25. The van der Waals surface area contributed by atoms with E-state index in [1.807, 2.05) is 12.1 Å². The predicted molar refractivity (Wildman–Crippen MR) is 132 cm³/mol. The van der Waals surface area contributed by atoms with E-state index in [1.165, 1.54) is 28.0 Å². The summed E-state index contributed by atoms with van der Waals surface area (Å²) in [5, 5.41) is 2.86. The minimum Gasteiger partial charge on any atom is -0.497 e. The van der Waals surface area contributed by atoms with Gasteiger partial charge < -0.3 is 10.1 Å². The summed E-state index contributed by atoms with van der Waals surface area (Å²) in [7, 11) is 1.60. The topological polar surface area (TPSA) is 88.6 Å². The second-order valence-electron chi connectivity index (χ2n) is 8.71. The maximum Gasteiger partial charge on any atom is 0.238 e. The van der Waals surface area contributed by atoms with E-state index in [1.54, 1.807) is 37.4 Å².